The van der Waals surface area contributed by atoms with Crippen molar-refractivity contribution in [3.05, 3.63) is 35.4 Å². The smallest absolute Gasteiger partial charge is 0.407 e. The van der Waals surface area contributed by atoms with Crippen LogP contribution in [0.2, 0.25) is 0 Å². The van der Waals surface area contributed by atoms with E-state index in [1.807, 2.05) is 20.8 Å². The second kappa shape index (κ2) is 6.69. The van der Waals surface area contributed by atoms with Gasteiger partial charge in [0.25, 0.3) is 0 Å². The number of alkyl carbamates (subject to hydrolysis) is 1. The van der Waals surface area contributed by atoms with Gasteiger partial charge in [-0.25, -0.2) is 4.79 Å². The molecule has 0 heterocycles. The van der Waals surface area contributed by atoms with Gasteiger partial charge in [-0.15, -0.1) is 0 Å². The molecular weight excluding hydrogens is 276 g/mol. The van der Waals surface area contributed by atoms with Crippen molar-refractivity contribution >= 4 is 6.09 Å². The molecule has 3 unspecified atom stereocenters. The van der Waals surface area contributed by atoms with Gasteiger partial charge in [0.05, 0.1) is 0 Å². The van der Waals surface area contributed by atoms with Crippen LogP contribution in [0.3, 0.4) is 0 Å². The maximum Gasteiger partial charge on any atom is 0.407 e. The summed E-state index contributed by atoms with van der Waals surface area (Å²) in [7, 11) is 0. The predicted molar refractivity (Wildman–Crippen MR) is 88.9 cm³/mol. The first kappa shape index (κ1) is 16.8. The Hall–Kier alpha value is -1.55. The Balaban J connectivity index is 1.77. The molecule has 0 saturated heterocycles. The molecule has 4 heteroatoms. The first-order valence-electron chi connectivity index (χ1n) is 8.13. The summed E-state index contributed by atoms with van der Waals surface area (Å²) in [6, 6.07) is 9.49. The quantitative estimate of drug-likeness (QED) is 0.874. The topological polar surface area (TPSA) is 50.4 Å². The largest absolute Gasteiger partial charge is 0.444 e. The summed E-state index contributed by atoms with van der Waals surface area (Å²) in [6.07, 6.45) is 1.69. The number of carbonyl (C=O) groups excluding carboxylic acids is 1. The van der Waals surface area contributed by atoms with E-state index in [-0.39, 0.29) is 18.2 Å². The predicted octanol–water partition coefficient (Wildman–Crippen LogP) is 3.57. The molecule has 0 aliphatic heterocycles. The van der Waals surface area contributed by atoms with Gasteiger partial charge in [0.15, 0.2) is 0 Å². The van der Waals surface area contributed by atoms with Gasteiger partial charge in [0.2, 0.25) is 0 Å². The molecule has 1 amide bonds. The van der Waals surface area contributed by atoms with Gasteiger partial charge < -0.3 is 15.4 Å². The van der Waals surface area contributed by atoms with E-state index in [4.69, 9.17) is 4.74 Å². The second-order valence-corrected chi connectivity index (χ2v) is 7.08. The molecule has 22 heavy (non-hydrogen) atoms. The number of rotatable bonds is 5. The zero-order valence-corrected chi connectivity index (χ0v) is 14.3. The average Bonchev–Trinajstić information content (AvgIpc) is 3.14. The molecule has 0 bridgehead atoms. The van der Waals surface area contributed by atoms with Crippen LogP contribution in [-0.4, -0.2) is 23.8 Å². The fourth-order valence-corrected chi connectivity index (χ4v) is 2.46. The van der Waals surface area contributed by atoms with E-state index in [9.17, 15) is 4.79 Å². The minimum atomic E-state index is -0.448. The van der Waals surface area contributed by atoms with E-state index in [1.54, 1.807) is 0 Å². The Labute approximate surface area is 133 Å². The zero-order valence-electron chi connectivity index (χ0n) is 14.3. The van der Waals surface area contributed by atoms with Crippen LogP contribution < -0.4 is 10.6 Å². The average molecular weight is 304 g/mol. The van der Waals surface area contributed by atoms with Crippen molar-refractivity contribution in [2.75, 3.05) is 0 Å². The van der Waals surface area contributed by atoms with Gasteiger partial charge in [-0.05, 0) is 51.7 Å². The fraction of sp³-hybridized carbons (Fsp3) is 0.611. The number of amides is 1. The van der Waals surface area contributed by atoms with E-state index >= 15 is 0 Å². The van der Waals surface area contributed by atoms with Crippen LogP contribution in [0.5, 0.6) is 0 Å². The molecule has 1 fully saturated rings. The van der Waals surface area contributed by atoms with Crippen LogP contribution in [0.1, 0.15) is 58.2 Å². The van der Waals surface area contributed by atoms with Crippen LogP contribution >= 0.6 is 0 Å². The summed E-state index contributed by atoms with van der Waals surface area (Å²) in [5.74, 6) is 0. The van der Waals surface area contributed by atoms with Crippen molar-refractivity contribution in [3.63, 3.8) is 0 Å². The minimum absolute atomic E-state index is 0.173. The van der Waals surface area contributed by atoms with Crippen molar-refractivity contribution in [1.29, 1.82) is 0 Å². The lowest BCUT2D eigenvalue weighted by molar-refractivity contribution is 0.0522. The van der Waals surface area contributed by atoms with Gasteiger partial charge >= 0.3 is 6.09 Å². The van der Waals surface area contributed by atoms with Crippen LogP contribution in [0, 0.1) is 0 Å². The third-order valence-electron chi connectivity index (χ3n) is 3.84. The highest BCUT2D eigenvalue weighted by atomic mass is 16.6. The van der Waals surface area contributed by atoms with E-state index in [0.29, 0.717) is 6.04 Å². The molecule has 0 aromatic heterocycles. The molecule has 122 valence electrons. The van der Waals surface area contributed by atoms with Crippen LogP contribution in [0.4, 0.5) is 4.79 Å². The lowest BCUT2D eigenvalue weighted by Gasteiger charge is -2.20. The summed E-state index contributed by atoms with van der Waals surface area (Å²) in [5.41, 5.74) is 2.18. The summed E-state index contributed by atoms with van der Waals surface area (Å²) in [6.45, 7) is 9.93. The fourth-order valence-electron chi connectivity index (χ4n) is 2.46. The maximum atomic E-state index is 11.7. The molecule has 0 radical (unpaired) electrons. The minimum Gasteiger partial charge on any atom is -0.444 e. The molecular formula is C18H28N2O2. The Morgan fingerprint density at radius 1 is 1.27 bits per heavy atom. The highest BCUT2D eigenvalue weighted by Crippen LogP contribution is 2.26. The Kier molecular flexibility index (Phi) is 5.12. The highest BCUT2D eigenvalue weighted by molar-refractivity contribution is 5.68. The van der Waals surface area contributed by atoms with Crippen molar-refractivity contribution in [1.82, 2.24) is 10.6 Å². The van der Waals surface area contributed by atoms with Crippen LogP contribution in [0.25, 0.3) is 0 Å². The molecule has 2 rings (SSSR count). The molecule has 1 saturated carbocycles. The van der Waals surface area contributed by atoms with Gasteiger partial charge in [-0.2, -0.15) is 0 Å². The lowest BCUT2D eigenvalue weighted by Crippen LogP contribution is -2.37. The summed E-state index contributed by atoms with van der Waals surface area (Å²) < 4.78 is 5.27. The first-order valence-corrected chi connectivity index (χ1v) is 8.13. The van der Waals surface area contributed by atoms with E-state index in [0.717, 1.165) is 12.8 Å². The van der Waals surface area contributed by atoms with Gasteiger partial charge in [-0.3, -0.25) is 0 Å². The third kappa shape index (κ3) is 5.02. The van der Waals surface area contributed by atoms with E-state index in [1.165, 1.54) is 11.1 Å². The number of benzene rings is 1. The van der Waals surface area contributed by atoms with Crippen molar-refractivity contribution < 1.29 is 9.53 Å². The van der Waals surface area contributed by atoms with Crippen LogP contribution in [0.15, 0.2) is 24.3 Å². The van der Waals surface area contributed by atoms with Crippen LogP contribution in [-0.2, 0) is 11.2 Å². The Morgan fingerprint density at radius 3 is 2.45 bits per heavy atom. The molecule has 1 aromatic rings. The summed E-state index contributed by atoms with van der Waals surface area (Å²) >= 11 is 0. The number of hydrogen-bond donors (Lipinski definition) is 2. The Morgan fingerprint density at radius 2 is 1.91 bits per heavy atom. The molecule has 2 N–H and O–H groups in total. The lowest BCUT2D eigenvalue weighted by atomic mass is 10.1. The maximum absolute atomic E-state index is 11.7. The number of nitrogens with one attached hydrogen (secondary N) is 2. The van der Waals surface area contributed by atoms with E-state index in [2.05, 4.69) is 48.7 Å². The zero-order chi connectivity index (χ0) is 16.3. The van der Waals surface area contributed by atoms with Crippen molar-refractivity contribution in [2.45, 2.75) is 71.2 Å². The number of ether oxygens (including phenoxy) is 1. The Bertz CT molecular complexity index is 505. The molecule has 3 atom stereocenters. The SMILES string of the molecule is CCc1ccc(C(C)NC2CC2NC(=O)OC(C)(C)C)cc1. The standard InChI is InChI=1S/C18H28N2O2/c1-6-13-7-9-14(10-8-13)12(2)19-15-11-16(15)20-17(21)22-18(3,4)5/h7-10,12,15-16,19H,6,11H2,1-5H3,(H,20,21). The highest BCUT2D eigenvalue weighted by Gasteiger charge is 2.39. The van der Waals surface area contributed by atoms with E-state index < -0.39 is 5.60 Å². The molecule has 4 nitrogen and oxygen atoms in total. The van der Waals surface area contributed by atoms with Gasteiger partial charge in [0.1, 0.15) is 5.60 Å². The molecule has 0 spiro atoms. The molecule has 1 aliphatic carbocycles. The number of aryl methyl sites for hydroxylation is 1. The number of carbonyl (C=O) groups is 1. The van der Waals surface area contributed by atoms with Crippen molar-refractivity contribution in [2.24, 2.45) is 0 Å². The third-order valence-corrected chi connectivity index (χ3v) is 3.84. The second-order valence-electron chi connectivity index (χ2n) is 7.08. The van der Waals surface area contributed by atoms with Crippen molar-refractivity contribution in [3.8, 4) is 0 Å². The summed E-state index contributed by atoms with van der Waals surface area (Å²) in [5, 5.41) is 6.47. The monoisotopic (exact) mass is 304 g/mol. The van der Waals surface area contributed by atoms with Gasteiger partial charge in [0, 0.05) is 18.1 Å². The molecule has 1 aliphatic rings. The first-order chi connectivity index (χ1) is 10.3. The normalized spacial score (nSPS) is 22.0. The molecule has 1 aromatic carbocycles. The van der Waals surface area contributed by atoms with Gasteiger partial charge in [-0.1, -0.05) is 31.2 Å². The number of hydrogen-bond acceptors (Lipinski definition) is 3. The summed E-state index contributed by atoms with van der Waals surface area (Å²) in [4.78, 5) is 11.7.